The summed E-state index contributed by atoms with van der Waals surface area (Å²) in [5.41, 5.74) is -0.722. The lowest BCUT2D eigenvalue weighted by atomic mass is 9.77. The summed E-state index contributed by atoms with van der Waals surface area (Å²) in [5.74, 6) is -4.55. The van der Waals surface area contributed by atoms with Crippen molar-refractivity contribution in [3.63, 3.8) is 0 Å². The maximum absolute atomic E-state index is 14.4. The van der Waals surface area contributed by atoms with Crippen molar-refractivity contribution in [3.8, 4) is 0 Å². The van der Waals surface area contributed by atoms with Gasteiger partial charge >= 0.3 is 11.9 Å². The molecule has 4 N–H and O–H groups in total. The molecule has 18 atom stereocenters. The molecule has 0 bridgehead atoms. The number of aromatic nitrogens is 1. The Balaban J connectivity index is 1.30. The molecule has 3 aliphatic heterocycles. The fourth-order valence-electron chi connectivity index (χ4n) is 11.5. The minimum Gasteiger partial charge on any atom is -0.477 e. The quantitative estimate of drug-likeness (QED) is 0.0877. The molecule has 1 aromatic heterocycles. The number of likely N-dealkylation sites (N-methyl/N-ethyl adjacent to an activating group) is 1. The number of aromatic carboxylic acids is 1. The van der Waals surface area contributed by atoms with E-state index in [0.717, 1.165) is 11.8 Å². The van der Waals surface area contributed by atoms with E-state index in [-0.39, 0.29) is 54.5 Å². The summed E-state index contributed by atoms with van der Waals surface area (Å²) in [6.07, 6.45) is -3.50. The summed E-state index contributed by atoms with van der Waals surface area (Å²) < 4.78 is 46.9. The summed E-state index contributed by atoms with van der Waals surface area (Å²) in [6.45, 7) is 22.1. The van der Waals surface area contributed by atoms with Gasteiger partial charge in [-0.25, -0.2) is 4.79 Å². The minimum atomic E-state index is -1.57. The highest BCUT2D eigenvalue weighted by Crippen LogP contribution is 2.40. The van der Waals surface area contributed by atoms with E-state index in [2.05, 4.69) is 0 Å². The van der Waals surface area contributed by atoms with Crippen molar-refractivity contribution < 1.29 is 68.0 Å². The van der Waals surface area contributed by atoms with Crippen molar-refractivity contribution in [3.05, 3.63) is 45.7 Å². The van der Waals surface area contributed by atoms with Crippen LogP contribution in [0.1, 0.15) is 130 Å². The van der Waals surface area contributed by atoms with E-state index in [0.29, 0.717) is 63.0 Å². The van der Waals surface area contributed by atoms with Gasteiger partial charge in [0.25, 0.3) is 0 Å². The van der Waals surface area contributed by atoms with E-state index in [4.69, 9.17) is 33.2 Å². The van der Waals surface area contributed by atoms with E-state index in [1.54, 1.807) is 33.8 Å². The predicted molar refractivity (Wildman–Crippen MR) is 275 cm³/mol. The van der Waals surface area contributed by atoms with Crippen LogP contribution in [0.15, 0.2) is 29.2 Å². The van der Waals surface area contributed by atoms with E-state index in [1.165, 1.54) is 6.20 Å². The molecule has 5 rings (SSSR count). The van der Waals surface area contributed by atoms with Crippen LogP contribution in [0.25, 0.3) is 10.9 Å². The molecule has 0 aliphatic carbocycles. The Morgan fingerprint density at radius 2 is 1.67 bits per heavy atom. The van der Waals surface area contributed by atoms with E-state index < -0.39 is 96.0 Å². The molecule has 18 nitrogen and oxygen atoms in total. The highest BCUT2D eigenvalue weighted by Gasteiger charge is 2.50. The molecule has 0 spiro atoms. The lowest BCUT2D eigenvalue weighted by Crippen LogP contribution is -2.58. The van der Waals surface area contributed by atoms with Gasteiger partial charge in [0.1, 0.15) is 24.1 Å². The third-order valence-corrected chi connectivity index (χ3v) is 15.7. The molecule has 0 amide bonds. The van der Waals surface area contributed by atoms with E-state index in [9.17, 15) is 39.6 Å². The molecule has 0 saturated carbocycles. The van der Waals surface area contributed by atoms with Gasteiger partial charge in [-0.05, 0) is 131 Å². The number of hydrogen-bond acceptors (Lipinski definition) is 16. The number of rotatable bonds is 17. The molecule has 3 aliphatic rings. The molecular formula is C55H89N3O15. The Labute approximate surface area is 432 Å². The molecule has 3 fully saturated rings. The molecule has 3 saturated heterocycles. The number of carbonyl (C=O) groups is 3. The van der Waals surface area contributed by atoms with Crippen molar-refractivity contribution >= 4 is 29.1 Å². The lowest BCUT2D eigenvalue weighted by Gasteiger charge is -2.48. The second-order valence-electron chi connectivity index (χ2n) is 22.4. The molecule has 18 heteroatoms. The first-order valence-electron chi connectivity index (χ1n) is 26.6. The first kappa shape index (κ1) is 60.5. The Morgan fingerprint density at radius 3 is 2.29 bits per heavy atom. The Bertz CT molecular complexity index is 2160. The SMILES string of the molecule is CC[C@H]1OC(=O)[C@H](C)[C@@H](O[C@H]2C[C@H](C)[C@@H](OCCOCCCc3ccc4c(c3)c(=O)c(C(=O)O)cn4C(C)C)[C@H](C)O2)[C@H](C)[C@@H](O[C@@H]2O[C@H](C)C[C@H](N(C)C)C2C=O)[C@](C)(O)C[C@@H](C)CN(C)[C@H](C)[C@H](O)[C@@H]1O. The molecule has 1 aromatic carbocycles. The average Bonchev–Trinajstić information content (AvgIpc) is 3.32. The van der Waals surface area contributed by atoms with Crippen LogP contribution >= 0.6 is 0 Å². The predicted octanol–water partition coefficient (Wildman–Crippen LogP) is 5.46. The first-order chi connectivity index (χ1) is 34.3. The number of pyridine rings is 1. The van der Waals surface area contributed by atoms with Gasteiger partial charge in [-0.2, -0.15) is 0 Å². The molecule has 414 valence electrons. The van der Waals surface area contributed by atoms with E-state index >= 15 is 0 Å². The Morgan fingerprint density at radius 1 is 0.973 bits per heavy atom. The number of benzene rings is 1. The van der Waals surface area contributed by atoms with Gasteiger partial charge in [-0.3, -0.25) is 9.59 Å². The average molecular weight is 1030 g/mol. The van der Waals surface area contributed by atoms with Gasteiger partial charge < -0.3 is 72.7 Å². The van der Waals surface area contributed by atoms with Crippen LogP contribution in [0, 0.1) is 29.6 Å². The largest absolute Gasteiger partial charge is 0.477 e. The van der Waals surface area contributed by atoms with Crippen molar-refractivity contribution in [1.82, 2.24) is 14.4 Å². The Hall–Kier alpha value is -3.40. The standard InChI is InChI=1S/C55H89N3O15/c1-15-44-48(62)46(60)36(9)57(14)27-31(4)26-55(11,66)51(73-54-41(29-59)43(56(12)13)24-33(6)69-54)34(7)50(35(8)53(65)71-44)72-45-23-32(5)49(37(10)70-45)68-22-21-67-20-16-17-38-18-19-42-39(25-38)47(61)40(52(63)64)28-58(42)30(2)3/h18-19,25,28-37,41,43-46,48-51,54,60,62,66H,15-17,20-24,26-27H2,1-14H3,(H,63,64)/t31-,32+,33-,34+,35-,36-,37+,41?,43+,44-,45+,46+,48-,49-,50+,51-,54+,55-/m1/s1. The van der Waals surface area contributed by atoms with Gasteiger partial charge in [-0.1, -0.05) is 33.8 Å². The number of ether oxygens (including phenoxy) is 7. The number of hydrogen-bond donors (Lipinski definition) is 4. The molecule has 2 aromatic rings. The summed E-state index contributed by atoms with van der Waals surface area (Å²) in [6, 6.07) is 4.85. The number of aliphatic hydroxyl groups is 3. The maximum Gasteiger partial charge on any atom is 0.341 e. The number of carboxylic acid groups (broad SMARTS) is 1. The summed E-state index contributed by atoms with van der Waals surface area (Å²) >= 11 is 0. The van der Waals surface area contributed by atoms with E-state index in [1.807, 2.05) is 96.1 Å². The van der Waals surface area contributed by atoms with Crippen molar-refractivity contribution in [2.75, 3.05) is 47.5 Å². The van der Waals surface area contributed by atoms with Crippen LogP contribution in [-0.2, 0) is 49.2 Å². The topological polar surface area (TPSA) is 225 Å². The van der Waals surface area contributed by atoms with Gasteiger partial charge in [0, 0.05) is 55.2 Å². The summed E-state index contributed by atoms with van der Waals surface area (Å²) in [5, 5.41) is 45.6. The number of aryl methyl sites for hydroxylation is 1. The van der Waals surface area contributed by atoms with Crippen LogP contribution in [0.4, 0.5) is 0 Å². The molecule has 4 heterocycles. The van der Waals surface area contributed by atoms with Crippen LogP contribution < -0.4 is 5.43 Å². The Kier molecular flexibility index (Phi) is 22.0. The fourth-order valence-corrected chi connectivity index (χ4v) is 11.5. The number of carbonyl (C=O) groups excluding carboxylic acids is 2. The second-order valence-corrected chi connectivity index (χ2v) is 22.4. The normalized spacial score (nSPS) is 36.7. The zero-order chi connectivity index (χ0) is 54.2. The van der Waals surface area contributed by atoms with Gasteiger partial charge in [0.2, 0.25) is 5.43 Å². The second kappa shape index (κ2) is 26.6. The molecule has 0 radical (unpaired) electrons. The van der Waals surface area contributed by atoms with Gasteiger partial charge in [-0.15, -0.1) is 0 Å². The van der Waals surface area contributed by atoms with Crippen LogP contribution in [0.2, 0.25) is 0 Å². The van der Waals surface area contributed by atoms with Gasteiger partial charge in [0.15, 0.2) is 12.6 Å². The number of aliphatic hydroxyl groups excluding tert-OH is 2. The zero-order valence-corrected chi connectivity index (χ0v) is 46.0. The molecule has 1 unspecified atom stereocenters. The number of aldehydes is 1. The smallest absolute Gasteiger partial charge is 0.341 e. The number of cyclic esters (lactones) is 1. The monoisotopic (exact) mass is 1030 g/mol. The lowest BCUT2D eigenvalue weighted by molar-refractivity contribution is -0.299. The third kappa shape index (κ3) is 15.0. The molecule has 73 heavy (non-hydrogen) atoms. The van der Waals surface area contributed by atoms with Crippen LogP contribution in [0.3, 0.4) is 0 Å². The fraction of sp³-hybridized carbons (Fsp3) is 0.782. The van der Waals surface area contributed by atoms with Gasteiger partial charge in [0.05, 0.1) is 72.8 Å². The van der Waals surface area contributed by atoms with Crippen molar-refractivity contribution in [2.45, 2.75) is 200 Å². The number of carboxylic acids is 1. The number of nitrogens with zero attached hydrogens (tertiary/aromatic N) is 3. The minimum absolute atomic E-state index is 0.0327. The number of fused-ring (bicyclic) bond motifs is 1. The zero-order valence-electron chi connectivity index (χ0n) is 46.0. The first-order valence-corrected chi connectivity index (χ1v) is 26.6. The maximum atomic E-state index is 14.4. The third-order valence-electron chi connectivity index (χ3n) is 15.7. The van der Waals surface area contributed by atoms with Crippen molar-refractivity contribution in [1.29, 1.82) is 0 Å². The molecular weight excluding hydrogens is 943 g/mol. The summed E-state index contributed by atoms with van der Waals surface area (Å²) in [7, 11) is 5.67. The summed E-state index contributed by atoms with van der Waals surface area (Å²) in [4.78, 5) is 56.0. The van der Waals surface area contributed by atoms with Crippen LogP contribution in [-0.4, -0.2) is 180 Å². The highest BCUT2D eigenvalue weighted by molar-refractivity contribution is 5.92. The van der Waals surface area contributed by atoms with Crippen molar-refractivity contribution in [2.24, 2.45) is 29.6 Å². The number of esters is 1. The highest BCUT2D eigenvalue weighted by atomic mass is 16.7. The van der Waals surface area contributed by atoms with Crippen LogP contribution in [0.5, 0.6) is 0 Å².